The number of nitrogens with two attached hydrogens (primary N) is 1. The predicted octanol–water partition coefficient (Wildman–Crippen LogP) is 4.20. The van der Waals surface area contributed by atoms with Crippen LogP contribution in [0.5, 0.6) is 0 Å². The van der Waals surface area contributed by atoms with E-state index in [1.54, 1.807) is 19.2 Å². The van der Waals surface area contributed by atoms with E-state index in [1.807, 2.05) is 0 Å². The number of amidine groups is 1. The minimum absolute atomic E-state index is 0.0897. The lowest BCUT2D eigenvalue weighted by Gasteiger charge is -2.46. The predicted molar refractivity (Wildman–Crippen MR) is 117 cm³/mol. The summed E-state index contributed by atoms with van der Waals surface area (Å²) in [5, 5.41) is 3.69. The number of carbonyl (C=O) groups excluding carboxylic acids is 1. The molecule has 0 bridgehead atoms. The maximum absolute atomic E-state index is 15.0. The van der Waals surface area contributed by atoms with E-state index in [4.69, 9.17) is 27.1 Å². The fraction of sp³-hybridized carbons (Fsp3) is 0.381. The Morgan fingerprint density at radius 2 is 2.23 bits per heavy atom. The van der Waals surface area contributed by atoms with E-state index in [0.29, 0.717) is 27.9 Å². The van der Waals surface area contributed by atoms with Gasteiger partial charge in [-0.25, -0.2) is 9.37 Å². The molecular formula is C21H22ClFN4O2S. The first-order valence-electron chi connectivity index (χ1n) is 9.65. The normalized spacial score (nSPS) is 25.9. The molecule has 30 heavy (non-hydrogen) atoms. The van der Waals surface area contributed by atoms with Crippen molar-refractivity contribution < 1.29 is 13.9 Å². The van der Waals surface area contributed by atoms with Gasteiger partial charge in [0, 0.05) is 36.2 Å². The average molecular weight is 449 g/mol. The molecule has 0 radical (unpaired) electrons. The van der Waals surface area contributed by atoms with Gasteiger partial charge in [0.15, 0.2) is 5.17 Å². The van der Waals surface area contributed by atoms with Crippen LogP contribution in [0.3, 0.4) is 0 Å². The Hall–Kier alpha value is -2.16. The summed E-state index contributed by atoms with van der Waals surface area (Å²) in [7, 11) is 1.70. The standard InChI is InChI=1S/C21H22ClFN4O2S/c1-29-15-6-7-21(12(8-15)11-30-20(24)27-21)16-9-14(3-4-17(16)23)26-19(28)18-5-2-13(22)10-25-18/h2-5,9-10,12,15H,6-8,11H2,1H3,(H2,24,27)(H,26,28)/t12-,15?,21-/m0/s1. The summed E-state index contributed by atoms with van der Waals surface area (Å²) in [6.07, 6.45) is 3.70. The van der Waals surface area contributed by atoms with Crippen molar-refractivity contribution in [1.82, 2.24) is 4.98 Å². The first-order chi connectivity index (χ1) is 14.4. The van der Waals surface area contributed by atoms with E-state index < -0.39 is 11.4 Å². The number of fused-ring (bicyclic) bond motifs is 1. The maximum Gasteiger partial charge on any atom is 0.274 e. The van der Waals surface area contributed by atoms with Gasteiger partial charge in [0.05, 0.1) is 16.7 Å². The van der Waals surface area contributed by atoms with Gasteiger partial charge in [-0.3, -0.25) is 9.79 Å². The number of hydrogen-bond acceptors (Lipinski definition) is 6. The highest BCUT2D eigenvalue weighted by atomic mass is 35.5. The molecule has 1 aliphatic heterocycles. The number of aromatic nitrogens is 1. The minimum Gasteiger partial charge on any atom is -0.381 e. The number of rotatable bonds is 4. The number of anilines is 1. The summed E-state index contributed by atoms with van der Waals surface area (Å²) in [6.45, 7) is 0. The van der Waals surface area contributed by atoms with E-state index in [1.165, 1.54) is 36.2 Å². The second-order valence-corrected chi connectivity index (χ2v) is 9.00. The number of benzene rings is 1. The van der Waals surface area contributed by atoms with Crippen molar-refractivity contribution in [3.8, 4) is 0 Å². The molecule has 1 saturated carbocycles. The summed E-state index contributed by atoms with van der Waals surface area (Å²) in [4.78, 5) is 21.3. The van der Waals surface area contributed by atoms with Crippen LogP contribution in [0.1, 0.15) is 35.3 Å². The lowest BCUT2D eigenvalue weighted by molar-refractivity contribution is 0.0229. The Morgan fingerprint density at radius 1 is 1.40 bits per heavy atom. The summed E-state index contributed by atoms with van der Waals surface area (Å²) >= 11 is 7.32. The molecule has 2 heterocycles. The molecular weight excluding hydrogens is 427 g/mol. The van der Waals surface area contributed by atoms with Crippen molar-refractivity contribution in [2.45, 2.75) is 30.9 Å². The van der Waals surface area contributed by atoms with Crippen LogP contribution in [0, 0.1) is 11.7 Å². The van der Waals surface area contributed by atoms with Crippen LogP contribution in [0.2, 0.25) is 5.02 Å². The van der Waals surface area contributed by atoms with E-state index in [-0.39, 0.29) is 23.5 Å². The van der Waals surface area contributed by atoms with Gasteiger partial charge in [0.1, 0.15) is 11.5 Å². The quantitative estimate of drug-likeness (QED) is 0.731. The van der Waals surface area contributed by atoms with Gasteiger partial charge in [0.25, 0.3) is 5.91 Å². The number of nitrogens with zero attached hydrogens (tertiary/aromatic N) is 2. The van der Waals surface area contributed by atoms with Gasteiger partial charge in [-0.2, -0.15) is 0 Å². The number of aliphatic imine (C=N–C) groups is 1. The smallest absolute Gasteiger partial charge is 0.274 e. The Morgan fingerprint density at radius 3 is 2.97 bits per heavy atom. The largest absolute Gasteiger partial charge is 0.381 e. The molecule has 9 heteroatoms. The van der Waals surface area contributed by atoms with Crippen molar-refractivity contribution in [3.05, 3.63) is 58.6 Å². The van der Waals surface area contributed by atoms with Crippen molar-refractivity contribution in [1.29, 1.82) is 0 Å². The highest BCUT2D eigenvalue weighted by Gasteiger charge is 2.48. The molecule has 0 saturated heterocycles. The number of pyridine rings is 1. The third kappa shape index (κ3) is 4.04. The first-order valence-corrected chi connectivity index (χ1v) is 11.0. The minimum atomic E-state index is -0.756. The van der Waals surface area contributed by atoms with Crippen molar-refractivity contribution in [2.24, 2.45) is 16.6 Å². The van der Waals surface area contributed by atoms with Gasteiger partial charge in [-0.1, -0.05) is 23.4 Å². The van der Waals surface area contributed by atoms with Gasteiger partial charge in [0.2, 0.25) is 0 Å². The molecule has 1 fully saturated rings. The van der Waals surface area contributed by atoms with Crippen LogP contribution < -0.4 is 11.1 Å². The molecule has 2 aromatic rings. The molecule has 1 aromatic heterocycles. The Balaban J connectivity index is 1.67. The monoisotopic (exact) mass is 448 g/mol. The van der Waals surface area contributed by atoms with Gasteiger partial charge < -0.3 is 15.8 Å². The first kappa shape index (κ1) is 21.1. The summed E-state index contributed by atoms with van der Waals surface area (Å²) in [5.41, 5.74) is 6.45. The number of carbonyl (C=O) groups is 1. The molecule has 3 N–H and O–H groups in total. The second-order valence-electron chi connectivity index (χ2n) is 7.52. The summed E-state index contributed by atoms with van der Waals surface area (Å²) in [5.74, 6) is 0.0808. The number of halogens is 2. The number of amides is 1. The highest BCUT2D eigenvalue weighted by molar-refractivity contribution is 8.13. The van der Waals surface area contributed by atoms with Crippen molar-refractivity contribution in [2.75, 3.05) is 18.2 Å². The van der Waals surface area contributed by atoms with Crippen molar-refractivity contribution >= 4 is 40.1 Å². The molecule has 1 amide bonds. The molecule has 1 unspecified atom stereocenters. The average Bonchev–Trinajstić information content (AvgIpc) is 2.75. The Bertz CT molecular complexity index is 987. The molecule has 4 rings (SSSR count). The number of ether oxygens (including phenoxy) is 1. The van der Waals surface area contributed by atoms with Crippen LogP contribution in [0.15, 0.2) is 41.5 Å². The number of hydrogen-bond donors (Lipinski definition) is 2. The van der Waals surface area contributed by atoms with E-state index in [2.05, 4.69) is 10.3 Å². The Kier molecular flexibility index (Phi) is 5.99. The molecule has 3 atom stereocenters. The van der Waals surface area contributed by atoms with Crippen LogP contribution in [0.4, 0.5) is 10.1 Å². The number of thioether (sulfide) groups is 1. The topological polar surface area (TPSA) is 89.6 Å². The number of nitrogens with one attached hydrogen (secondary N) is 1. The lowest BCUT2D eigenvalue weighted by atomic mass is 9.68. The van der Waals surface area contributed by atoms with E-state index in [9.17, 15) is 4.79 Å². The van der Waals surface area contributed by atoms with Crippen LogP contribution >= 0.6 is 23.4 Å². The Labute approximate surface area is 183 Å². The second kappa shape index (κ2) is 8.53. The number of methoxy groups -OCH3 is 1. The molecule has 1 aromatic carbocycles. The SMILES string of the molecule is COC1CC[C@]2(c3cc(NC(=O)c4ccc(Cl)cn4)ccc3F)N=C(N)SC[C@@H]2C1. The molecule has 158 valence electrons. The van der Waals surface area contributed by atoms with Crippen LogP contribution in [-0.4, -0.2) is 35.0 Å². The fourth-order valence-corrected chi connectivity index (χ4v) is 5.38. The zero-order valence-electron chi connectivity index (χ0n) is 16.4. The third-order valence-electron chi connectivity index (χ3n) is 5.80. The summed E-state index contributed by atoms with van der Waals surface area (Å²) < 4.78 is 20.6. The fourth-order valence-electron chi connectivity index (χ4n) is 4.25. The molecule has 0 spiro atoms. The maximum atomic E-state index is 15.0. The third-order valence-corrected chi connectivity index (χ3v) is 6.98. The zero-order chi connectivity index (χ0) is 21.3. The van der Waals surface area contributed by atoms with Crippen LogP contribution in [-0.2, 0) is 10.3 Å². The van der Waals surface area contributed by atoms with Crippen LogP contribution in [0.25, 0.3) is 0 Å². The molecule has 6 nitrogen and oxygen atoms in total. The summed E-state index contributed by atoms with van der Waals surface area (Å²) in [6, 6.07) is 7.68. The van der Waals surface area contributed by atoms with Gasteiger partial charge in [-0.15, -0.1) is 0 Å². The van der Waals surface area contributed by atoms with E-state index >= 15 is 4.39 Å². The lowest BCUT2D eigenvalue weighted by Crippen LogP contribution is -2.46. The van der Waals surface area contributed by atoms with Crippen molar-refractivity contribution in [3.63, 3.8) is 0 Å². The highest BCUT2D eigenvalue weighted by Crippen LogP contribution is 2.50. The molecule has 1 aliphatic carbocycles. The zero-order valence-corrected chi connectivity index (χ0v) is 18.0. The van der Waals surface area contributed by atoms with Gasteiger partial charge >= 0.3 is 0 Å². The molecule has 2 aliphatic rings. The van der Waals surface area contributed by atoms with Gasteiger partial charge in [-0.05, 0) is 49.6 Å². The van der Waals surface area contributed by atoms with E-state index in [0.717, 1.165) is 18.6 Å².